The van der Waals surface area contributed by atoms with Gasteiger partial charge in [0.1, 0.15) is 5.52 Å². The molecule has 1 amide bonds. The Balaban J connectivity index is 1.75. The van der Waals surface area contributed by atoms with Crippen molar-refractivity contribution < 1.29 is 9.21 Å². The van der Waals surface area contributed by atoms with E-state index in [4.69, 9.17) is 16.0 Å². The Labute approximate surface area is 119 Å². The van der Waals surface area contributed by atoms with Crippen molar-refractivity contribution in [3.8, 4) is 0 Å². The molecular formula is C14H10ClN3O2. The van der Waals surface area contributed by atoms with Crippen LogP contribution in [0.5, 0.6) is 0 Å². The Morgan fingerprint density at radius 1 is 1.30 bits per heavy atom. The van der Waals surface area contributed by atoms with E-state index in [-0.39, 0.29) is 11.3 Å². The molecule has 1 aromatic carbocycles. The highest BCUT2D eigenvalue weighted by Crippen LogP contribution is 2.20. The Morgan fingerprint density at radius 3 is 3.00 bits per heavy atom. The third kappa shape index (κ3) is 2.62. The van der Waals surface area contributed by atoms with E-state index in [1.165, 1.54) is 0 Å². The summed E-state index contributed by atoms with van der Waals surface area (Å²) in [5.41, 5.74) is 2.39. The topological polar surface area (TPSA) is 68.0 Å². The summed E-state index contributed by atoms with van der Waals surface area (Å²) in [6.45, 7) is 0.370. The molecule has 20 heavy (non-hydrogen) atoms. The normalized spacial score (nSPS) is 10.7. The van der Waals surface area contributed by atoms with Gasteiger partial charge in [0, 0.05) is 11.8 Å². The number of pyridine rings is 1. The van der Waals surface area contributed by atoms with Crippen LogP contribution in [0.3, 0.4) is 0 Å². The number of nitrogens with one attached hydrogen (secondary N) is 1. The summed E-state index contributed by atoms with van der Waals surface area (Å²) in [7, 11) is 0. The zero-order valence-electron chi connectivity index (χ0n) is 10.3. The van der Waals surface area contributed by atoms with Crippen molar-refractivity contribution in [2.24, 2.45) is 0 Å². The summed E-state index contributed by atoms with van der Waals surface area (Å²) in [6, 6.07) is 10.5. The number of halogens is 1. The van der Waals surface area contributed by atoms with Crippen molar-refractivity contribution in [3.05, 3.63) is 59.2 Å². The average Bonchev–Trinajstić information content (AvgIpc) is 2.85. The van der Waals surface area contributed by atoms with Gasteiger partial charge in [-0.25, -0.2) is 0 Å². The molecule has 0 aliphatic heterocycles. The van der Waals surface area contributed by atoms with E-state index in [1.807, 2.05) is 18.2 Å². The maximum Gasteiger partial charge on any atom is 0.293 e. The number of oxazole rings is 1. The van der Waals surface area contributed by atoms with Crippen molar-refractivity contribution >= 4 is 28.6 Å². The quantitative estimate of drug-likeness (QED) is 0.804. The number of fused-ring (bicyclic) bond motifs is 1. The van der Waals surface area contributed by atoms with Gasteiger partial charge in [-0.15, -0.1) is 0 Å². The van der Waals surface area contributed by atoms with Crippen LogP contribution in [0.4, 0.5) is 0 Å². The summed E-state index contributed by atoms with van der Waals surface area (Å²) in [6.07, 6.45) is 1.68. The number of rotatable bonds is 3. The van der Waals surface area contributed by atoms with E-state index >= 15 is 0 Å². The second-order valence-electron chi connectivity index (χ2n) is 4.15. The van der Waals surface area contributed by atoms with Crippen molar-refractivity contribution in [2.45, 2.75) is 6.54 Å². The molecule has 0 saturated heterocycles. The van der Waals surface area contributed by atoms with E-state index in [9.17, 15) is 4.79 Å². The van der Waals surface area contributed by atoms with Gasteiger partial charge in [0.15, 0.2) is 5.58 Å². The first-order valence-electron chi connectivity index (χ1n) is 5.96. The summed E-state index contributed by atoms with van der Waals surface area (Å²) in [5, 5.41) is 2.85. The zero-order chi connectivity index (χ0) is 13.9. The highest BCUT2D eigenvalue weighted by Gasteiger charge is 2.09. The first-order valence-corrected chi connectivity index (χ1v) is 6.34. The summed E-state index contributed by atoms with van der Waals surface area (Å²) in [5.74, 6) is -0.204. The molecule has 0 bridgehead atoms. The lowest BCUT2D eigenvalue weighted by molar-refractivity contribution is 0.0950. The van der Waals surface area contributed by atoms with E-state index in [0.717, 1.165) is 5.69 Å². The predicted molar refractivity (Wildman–Crippen MR) is 74.4 cm³/mol. The first kappa shape index (κ1) is 12.6. The van der Waals surface area contributed by atoms with Gasteiger partial charge < -0.3 is 9.73 Å². The fourth-order valence-electron chi connectivity index (χ4n) is 1.81. The van der Waals surface area contributed by atoms with E-state index < -0.39 is 0 Å². The van der Waals surface area contributed by atoms with Crippen molar-refractivity contribution in [1.29, 1.82) is 0 Å². The standard InChI is InChI=1S/C14H10ClN3O2/c15-14-18-11-5-4-9(7-12(11)20-14)13(19)17-8-10-3-1-2-6-16-10/h1-7H,8H2,(H,17,19). The van der Waals surface area contributed by atoms with Crippen LogP contribution < -0.4 is 5.32 Å². The maximum absolute atomic E-state index is 12.0. The molecule has 1 N–H and O–H groups in total. The van der Waals surface area contributed by atoms with Crippen LogP contribution >= 0.6 is 11.6 Å². The molecule has 2 aromatic heterocycles. The number of carbonyl (C=O) groups excluding carboxylic acids is 1. The molecule has 0 spiro atoms. The molecule has 3 rings (SSSR count). The monoisotopic (exact) mass is 287 g/mol. The van der Waals surface area contributed by atoms with Gasteiger partial charge in [0.2, 0.25) is 0 Å². The smallest absolute Gasteiger partial charge is 0.293 e. The van der Waals surface area contributed by atoms with Gasteiger partial charge >= 0.3 is 0 Å². The number of hydrogen-bond acceptors (Lipinski definition) is 4. The predicted octanol–water partition coefficient (Wildman–Crippen LogP) is 2.81. The molecule has 0 atom stereocenters. The minimum Gasteiger partial charge on any atom is -0.428 e. The summed E-state index contributed by atoms with van der Waals surface area (Å²) in [4.78, 5) is 20.1. The lowest BCUT2D eigenvalue weighted by Crippen LogP contribution is -2.23. The molecule has 0 aliphatic carbocycles. The molecular weight excluding hydrogens is 278 g/mol. The largest absolute Gasteiger partial charge is 0.428 e. The van der Waals surface area contributed by atoms with Gasteiger partial charge in [-0.05, 0) is 41.9 Å². The minimum atomic E-state index is -0.204. The molecule has 5 nitrogen and oxygen atoms in total. The second-order valence-corrected chi connectivity index (χ2v) is 4.48. The van der Waals surface area contributed by atoms with Crippen molar-refractivity contribution in [1.82, 2.24) is 15.3 Å². The Kier molecular flexibility index (Phi) is 3.35. The fraction of sp³-hybridized carbons (Fsp3) is 0.0714. The minimum absolute atomic E-state index is 0.0612. The number of aromatic nitrogens is 2. The lowest BCUT2D eigenvalue weighted by atomic mass is 10.2. The number of nitrogens with zero attached hydrogens (tertiary/aromatic N) is 2. The first-order chi connectivity index (χ1) is 9.72. The third-order valence-electron chi connectivity index (χ3n) is 2.78. The van der Waals surface area contributed by atoms with Crippen LogP contribution in [-0.2, 0) is 6.54 Å². The van der Waals surface area contributed by atoms with Crippen LogP contribution in [0, 0.1) is 0 Å². The van der Waals surface area contributed by atoms with Crippen LogP contribution in [0.1, 0.15) is 16.1 Å². The van der Waals surface area contributed by atoms with Crippen LogP contribution in [0.2, 0.25) is 5.35 Å². The SMILES string of the molecule is O=C(NCc1ccccn1)c1ccc2nc(Cl)oc2c1. The van der Waals surface area contributed by atoms with E-state index in [1.54, 1.807) is 24.4 Å². The third-order valence-corrected chi connectivity index (χ3v) is 2.94. The van der Waals surface area contributed by atoms with Crippen LogP contribution in [-0.4, -0.2) is 15.9 Å². The number of amides is 1. The van der Waals surface area contributed by atoms with Gasteiger partial charge in [-0.2, -0.15) is 4.98 Å². The van der Waals surface area contributed by atoms with E-state index in [0.29, 0.717) is 23.2 Å². The Bertz CT molecular complexity index is 755. The van der Waals surface area contributed by atoms with Gasteiger partial charge in [-0.1, -0.05) is 6.07 Å². The Morgan fingerprint density at radius 2 is 2.20 bits per heavy atom. The number of benzene rings is 1. The lowest BCUT2D eigenvalue weighted by Gasteiger charge is -2.04. The molecule has 0 fully saturated rings. The number of hydrogen-bond donors (Lipinski definition) is 1. The molecule has 6 heteroatoms. The van der Waals surface area contributed by atoms with Crippen molar-refractivity contribution in [2.75, 3.05) is 0 Å². The average molecular weight is 288 g/mol. The molecule has 0 radical (unpaired) electrons. The zero-order valence-corrected chi connectivity index (χ0v) is 11.1. The van der Waals surface area contributed by atoms with Gasteiger partial charge in [0.05, 0.1) is 12.2 Å². The number of carbonyl (C=O) groups is 1. The molecule has 100 valence electrons. The second kappa shape index (κ2) is 5.30. The molecule has 3 aromatic rings. The van der Waals surface area contributed by atoms with Gasteiger partial charge in [-0.3, -0.25) is 9.78 Å². The van der Waals surface area contributed by atoms with Crippen LogP contribution in [0.15, 0.2) is 47.0 Å². The highest BCUT2D eigenvalue weighted by atomic mass is 35.5. The molecule has 0 saturated carbocycles. The summed E-state index contributed by atoms with van der Waals surface area (Å²) >= 11 is 5.67. The molecule has 0 unspecified atom stereocenters. The van der Waals surface area contributed by atoms with Crippen molar-refractivity contribution in [3.63, 3.8) is 0 Å². The highest BCUT2D eigenvalue weighted by molar-refractivity contribution is 6.28. The maximum atomic E-state index is 12.0. The van der Waals surface area contributed by atoms with Crippen LogP contribution in [0.25, 0.3) is 11.1 Å². The molecule has 0 aliphatic rings. The van der Waals surface area contributed by atoms with Gasteiger partial charge in [0.25, 0.3) is 11.3 Å². The van der Waals surface area contributed by atoms with E-state index in [2.05, 4.69) is 15.3 Å². The fourth-order valence-corrected chi connectivity index (χ4v) is 1.99. The summed E-state index contributed by atoms with van der Waals surface area (Å²) < 4.78 is 5.18. The molecule has 2 heterocycles. The Hall–Kier alpha value is -2.40.